The largest absolute Gasteiger partial charge is 0.314 e. The summed E-state index contributed by atoms with van der Waals surface area (Å²) in [6.07, 6.45) is 2.84. The van der Waals surface area contributed by atoms with Crippen LogP contribution in [0.1, 0.15) is 57.6 Å². The molecule has 2 rings (SSSR count). The van der Waals surface area contributed by atoms with E-state index >= 15 is 0 Å². The van der Waals surface area contributed by atoms with Crippen LogP contribution in [-0.2, 0) is 6.54 Å². The average Bonchev–Trinajstić information content (AvgIpc) is 3.29. The first kappa shape index (κ1) is 16.5. The summed E-state index contributed by atoms with van der Waals surface area (Å²) < 4.78 is 0. The summed E-state index contributed by atoms with van der Waals surface area (Å²) in [5.74, 6) is 1.51. The molecule has 0 radical (unpaired) electrons. The summed E-state index contributed by atoms with van der Waals surface area (Å²) in [4.78, 5) is 2.50. The number of hydrogen-bond acceptors (Lipinski definition) is 2. The molecular formula is C19H32N2. The summed E-state index contributed by atoms with van der Waals surface area (Å²) in [6, 6.07) is 10.5. The Labute approximate surface area is 130 Å². The first-order valence-corrected chi connectivity index (χ1v) is 8.49. The van der Waals surface area contributed by atoms with Crippen LogP contribution in [0, 0.1) is 5.92 Å². The van der Waals surface area contributed by atoms with Gasteiger partial charge in [-0.25, -0.2) is 0 Å². The Morgan fingerprint density at radius 1 is 1.10 bits per heavy atom. The predicted octanol–water partition coefficient (Wildman–Crippen LogP) is 4.02. The minimum Gasteiger partial charge on any atom is -0.314 e. The number of hydrogen-bond donors (Lipinski definition) is 1. The van der Waals surface area contributed by atoms with E-state index in [1.54, 1.807) is 0 Å². The molecule has 0 aliphatic heterocycles. The molecule has 1 saturated carbocycles. The summed E-state index contributed by atoms with van der Waals surface area (Å²) >= 11 is 0. The first-order valence-electron chi connectivity index (χ1n) is 8.49. The number of rotatable bonds is 8. The van der Waals surface area contributed by atoms with Crippen molar-refractivity contribution >= 4 is 0 Å². The zero-order valence-corrected chi connectivity index (χ0v) is 14.4. The van der Waals surface area contributed by atoms with Gasteiger partial charge in [-0.1, -0.05) is 45.0 Å². The second-order valence-corrected chi connectivity index (χ2v) is 7.20. The molecule has 1 aliphatic carbocycles. The van der Waals surface area contributed by atoms with Gasteiger partial charge in [0.2, 0.25) is 0 Å². The van der Waals surface area contributed by atoms with Gasteiger partial charge >= 0.3 is 0 Å². The third kappa shape index (κ3) is 5.12. The lowest BCUT2D eigenvalue weighted by Gasteiger charge is -2.25. The van der Waals surface area contributed by atoms with Crippen LogP contribution >= 0.6 is 0 Å². The van der Waals surface area contributed by atoms with Gasteiger partial charge in [-0.15, -0.1) is 0 Å². The normalized spacial score (nSPS) is 18.2. The fraction of sp³-hybridized carbons (Fsp3) is 0.684. The summed E-state index contributed by atoms with van der Waals surface area (Å²) in [5, 5.41) is 3.52. The molecule has 1 aromatic carbocycles. The molecule has 2 atom stereocenters. The Balaban J connectivity index is 1.86. The Hall–Kier alpha value is -0.860. The Morgan fingerprint density at radius 2 is 1.71 bits per heavy atom. The summed E-state index contributed by atoms with van der Waals surface area (Å²) in [5.41, 5.74) is 2.86. The monoisotopic (exact) mass is 288 g/mol. The highest BCUT2D eigenvalue weighted by Gasteiger charge is 2.30. The van der Waals surface area contributed by atoms with E-state index in [0.29, 0.717) is 12.0 Å². The molecule has 1 aromatic rings. The highest BCUT2D eigenvalue weighted by molar-refractivity contribution is 5.25. The smallest absolute Gasteiger partial charge is 0.0233 e. The zero-order valence-electron chi connectivity index (χ0n) is 14.4. The van der Waals surface area contributed by atoms with Crippen LogP contribution in [0.25, 0.3) is 0 Å². The minimum atomic E-state index is 0.560. The van der Waals surface area contributed by atoms with E-state index < -0.39 is 0 Å². The second kappa shape index (κ2) is 7.42. The van der Waals surface area contributed by atoms with Gasteiger partial charge < -0.3 is 5.32 Å². The van der Waals surface area contributed by atoms with Crippen molar-refractivity contribution in [1.82, 2.24) is 10.2 Å². The van der Waals surface area contributed by atoms with Crippen LogP contribution in [0.5, 0.6) is 0 Å². The van der Waals surface area contributed by atoms with Crippen LogP contribution in [-0.4, -0.2) is 30.6 Å². The lowest BCUT2D eigenvalue weighted by Crippen LogP contribution is -2.30. The van der Waals surface area contributed by atoms with Gasteiger partial charge in [0, 0.05) is 25.2 Å². The van der Waals surface area contributed by atoms with Crippen LogP contribution in [0.15, 0.2) is 24.3 Å². The van der Waals surface area contributed by atoms with Crippen molar-refractivity contribution in [1.29, 1.82) is 0 Å². The van der Waals surface area contributed by atoms with Gasteiger partial charge in [-0.2, -0.15) is 0 Å². The van der Waals surface area contributed by atoms with Crippen LogP contribution in [0.2, 0.25) is 0 Å². The van der Waals surface area contributed by atoms with Gasteiger partial charge in [0.15, 0.2) is 0 Å². The third-order valence-electron chi connectivity index (χ3n) is 4.81. The van der Waals surface area contributed by atoms with Crippen molar-refractivity contribution in [2.24, 2.45) is 5.92 Å². The molecule has 1 fully saturated rings. The van der Waals surface area contributed by atoms with Crippen molar-refractivity contribution < 1.29 is 0 Å². The summed E-state index contributed by atoms with van der Waals surface area (Å²) in [7, 11) is 2.26. The fourth-order valence-electron chi connectivity index (χ4n) is 2.85. The molecule has 2 nitrogen and oxygen atoms in total. The van der Waals surface area contributed by atoms with Crippen molar-refractivity contribution in [3.63, 3.8) is 0 Å². The second-order valence-electron chi connectivity index (χ2n) is 7.20. The van der Waals surface area contributed by atoms with Crippen molar-refractivity contribution in [2.75, 3.05) is 13.6 Å². The Bertz CT molecular complexity index is 420. The standard InChI is InChI=1S/C19H32N2/c1-14(2)20-12-15(3)18-8-6-17(7-9-18)13-21(5)16(4)19-10-11-19/h6-9,14-16,19-20H,10-13H2,1-5H3. The molecule has 0 spiro atoms. The SMILES string of the molecule is CC(C)NCC(C)c1ccc(CN(C)C(C)C2CC2)cc1. The summed E-state index contributed by atoms with van der Waals surface area (Å²) in [6.45, 7) is 11.2. The van der Waals surface area contributed by atoms with E-state index in [9.17, 15) is 0 Å². The minimum absolute atomic E-state index is 0.560. The van der Waals surface area contributed by atoms with Gasteiger partial charge in [0.05, 0.1) is 0 Å². The molecule has 21 heavy (non-hydrogen) atoms. The molecule has 0 bridgehead atoms. The van der Waals surface area contributed by atoms with Crippen molar-refractivity contribution in [3.8, 4) is 0 Å². The highest BCUT2D eigenvalue weighted by atomic mass is 15.1. The highest BCUT2D eigenvalue weighted by Crippen LogP contribution is 2.35. The number of nitrogens with zero attached hydrogens (tertiary/aromatic N) is 1. The molecule has 0 saturated heterocycles. The third-order valence-corrected chi connectivity index (χ3v) is 4.81. The Morgan fingerprint density at radius 3 is 2.24 bits per heavy atom. The molecular weight excluding hydrogens is 256 g/mol. The van der Waals surface area contributed by atoms with Gasteiger partial charge in [-0.3, -0.25) is 4.90 Å². The fourth-order valence-corrected chi connectivity index (χ4v) is 2.85. The molecule has 2 heteroatoms. The molecule has 0 heterocycles. The molecule has 2 unspecified atom stereocenters. The molecule has 0 aromatic heterocycles. The van der Waals surface area contributed by atoms with E-state index in [1.165, 1.54) is 24.0 Å². The molecule has 1 N–H and O–H groups in total. The quantitative estimate of drug-likeness (QED) is 0.777. The van der Waals surface area contributed by atoms with Crippen molar-refractivity contribution in [3.05, 3.63) is 35.4 Å². The van der Waals surface area contributed by atoms with E-state index in [4.69, 9.17) is 0 Å². The van der Waals surface area contributed by atoms with Crippen LogP contribution < -0.4 is 5.32 Å². The maximum absolute atomic E-state index is 3.52. The van der Waals surface area contributed by atoms with E-state index in [1.807, 2.05) is 0 Å². The van der Waals surface area contributed by atoms with E-state index in [0.717, 1.165) is 25.0 Å². The maximum Gasteiger partial charge on any atom is 0.0233 e. The molecule has 1 aliphatic rings. The van der Waals surface area contributed by atoms with Gasteiger partial charge in [-0.05, 0) is 49.8 Å². The molecule has 118 valence electrons. The van der Waals surface area contributed by atoms with Crippen LogP contribution in [0.4, 0.5) is 0 Å². The van der Waals surface area contributed by atoms with Crippen LogP contribution in [0.3, 0.4) is 0 Å². The number of benzene rings is 1. The predicted molar refractivity (Wildman–Crippen MR) is 91.6 cm³/mol. The number of nitrogens with one attached hydrogen (secondary N) is 1. The topological polar surface area (TPSA) is 15.3 Å². The lowest BCUT2D eigenvalue weighted by molar-refractivity contribution is 0.226. The first-order chi connectivity index (χ1) is 9.97. The van der Waals surface area contributed by atoms with Gasteiger partial charge in [0.25, 0.3) is 0 Å². The van der Waals surface area contributed by atoms with E-state index in [-0.39, 0.29) is 0 Å². The lowest BCUT2D eigenvalue weighted by atomic mass is 9.99. The van der Waals surface area contributed by atoms with E-state index in [2.05, 4.69) is 69.2 Å². The maximum atomic E-state index is 3.52. The Kier molecular flexibility index (Phi) is 5.83. The molecule has 0 amide bonds. The zero-order chi connectivity index (χ0) is 15.4. The van der Waals surface area contributed by atoms with Crippen molar-refractivity contribution in [2.45, 2.75) is 65.1 Å². The average molecular weight is 288 g/mol. The van der Waals surface area contributed by atoms with Gasteiger partial charge in [0.1, 0.15) is 0 Å².